The third kappa shape index (κ3) is 6.81. The lowest BCUT2D eigenvalue weighted by Crippen LogP contribution is -2.29. The normalized spacial score (nSPS) is 15.6. The Kier molecular flexibility index (Phi) is 8.19. The quantitative estimate of drug-likeness (QED) is 0.366. The van der Waals surface area contributed by atoms with E-state index >= 15 is 0 Å². The molecule has 0 aliphatic heterocycles. The summed E-state index contributed by atoms with van der Waals surface area (Å²) < 4.78 is 34.4. The molecular weight excluding hydrogens is 446 g/mol. The average molecular weight is 480 g/mol. The predicted octanol–water partition coefficient (Wildman–Crippen LogP) is 6.12. The van der Waals surface area contributed by atoms with Crippen molar-refractivity contribution in [2.45, 2.75) is 62.9 Å². The van der Waals surface area contributed by atoms with Gasteiger partial charge in [-0.05, 0) is 49.1 Å². The van der Waals surface area contributed by atoms with Crippen LogP contribution in [0.3, 0.4) is 0 Å². The molecule has 34 heavy (non-hydrogen) atoms. The van der Waals surface area contributed by atoms with E-state index in [0.29, 0.717) is 29.9 Å². The summed E-state index contributed by atoms with van der Waals surface area (Å²) in [6.07, 6.45) is 9.18. The van der Waals surface area contributed by atoms with Crippen molar-refractivity contribution < 1.29 is 13.2 Å². The van der Waals surface area contributed by atoms with Crippen molar-refractivity contribution in [2.24, 2.45) is 5.92 Å². The first-order valence-corrected chi connectivity index (χ1v) is 13.5. The van der Waals surface area contributed by atoms with Crippen LogP contribution in [0, 0.1) is 5.92 Å². The molecule has 0 bridgehead atoms. The summed E-state index contributed by atoms with van der Waals surface area (Å²) in [7, 11) is -3.78. The van der Waals surface area contributed by atoms with Crippen molar-refractivity contribution in [1.82, 2.24) is 10.3 Å². The minimum atomic E-state index is -3.78. The van der Waals surface area contributed by atoms with Gasteiger partial charge >= 0.3 is 0 Å². The van der Waals surface area contributed by atoms with Gasteiger partial charge in [0.2, 0.25) is 5.88 Å². The standard InChI is InChI=1S/C27H33N3O3S/c1-21(18-22-10-4-2-5-11-22)28-19-23-12-8-9-15-26(23)30-34(31,32)25-16-17-27(29-20-25)33-24-13-6-3-7-14-24/h3,6-9,12-17,20-22,28,30H,2,4-5,10-11,18-19H2,1H3/t21-/m0/s1. The van der Waals surface area contributed by atoms with Crippen molar-refractivity contribution in [3.05, 3.63) is 78.5 Å². The fraction of sp³-hybridized carbons (Fsp3) is 0.370. The SMILES string of the molecule is C[C@@H](CC1CCCCC1)NCc1ccccc1NS(=O)(=O)c1ccc(Oc2ccccc2)nc1. The highest BCUT2D eigenvalue weighted by atomic mass is 32.2. The van der Waals surface area contributed by atoms with Gasteiger partial charge in [-0.3, -0.25) is 4.72 Å². The molecule has 1 saturated carbocycles. The number of nitrogens with zero attached hydrogens (tertiary/aromatic N) is 1. The van der Waals surface area contributed by atoms with Crippen molar-refractivity contribution in [3.8, 4) is 11.6 Å². The number of nitrogens with one attached hydrogen (secondary N) is 2. The zero-order valence-electron chi connectivity index (χ0n) is 19.6. The van der Waals surface area contributed by atoms with Crippen LogP contribution in [0.5, 0.6) is 11.6 Å². The minimum absolute atomic E-state index is 0.0846. The summed E-state index contributed by atoms with van der Waals surface area (Å²) in [5.41, 5.74) is 1.49. The van der Waals surface area contributed by atoms with Gasteiger partial charge in [0.1, 0.15) is 10.6 Å². The van der Waals surface area contributed by atoms with Crippen molar-refractivity contribution >= 4 is 15.7 Å². The van der Waals surface area contributed by atoms with E-state index in [0.717, 1.165) is 17.9 Å². The molecule has 1 atom stereocenters. The molecule has 1 aliphatic carbocycles. The Bertz CT molecular complexity index is 1150. The molecule has 0 unspecified atom stereocenters. The molecule has 1 aliphatic rings. The van der Waals surface area contributed by atoms with E-state index in [1.165, 1.54) is 44.4 Å². The fourth-order valence-corrected chi connectivity index (χ4v) is 5.51. The zero-order chi connectivity index (χ0) is 23.8. The Hall–Kier alpha value is -2.90. The summed E-state index contributed by atoms with van der Waals surface area (Å²) in [5, 5.41) is 3.58. The lowest BCUT2D eigenvalue weighted by molar-refractivity contribution is 0.305. The Morgan fingerprint density at radius 3 is 2.44 bits per heavy atom. The molecule has 0 saturated heterocycles. The second-order valence-electron chi connectivity index (χ2n) is 9.03. The maximum atomic E-state index is 13.0. The van der Waals surface area contributed by atoms with Crippen LogP contribution in [0.25, 0.3) is 0 Å². The van der Waals surface area contributed by atoms with Gasteiger partial charge in [0.05, 0.1) is 11.9 Å². The number of anilines is 1. The number of rotatable bonds is 10. The first-order chi connectivity index (χ1) is 16.5. The molecule has 0 spiro atoms. The molecule has 180 valence electrons. The van der Waals surface area contributed by atoms with Gasteiger partial charge in [-0.2, -0.15) is 0 Å². The van der Waals surface area contributed by atoms with E-state index in [4.69, 9.17) is 4.74 Å². The number of sulfonamides is 1. The summed E-state index contributed by atoms with van der Waals surface area (Å²) >= 11 is 0. The van der Waals surface area contributed by atoms with Crippen LogP contribution in [-0.4, -0.2) is 19.4 Å². The Morgan fingerprint density at radius 1 is 0.971 bits per heavy atom. The molecule has 0 amide bonds. The van der Waals surface area contributed by atoms with Gasteiger partial charge in [-0.25, -0.2) is 13.4 Å². The van der Waals surface area contributed by atoms with Gasteiger partial charge in [-0.15, -0.1) is 0 Å². The highest BCUT2D eigenvalue weighted by Crippen LogP contribution is 2.28. The van der Waals surface area contributed by atoms with Crippen LogP contribution in [0.15, 0.2) is 77.8 Å². The van der Waals surface area contributed by atoms with Gasteiger partial charge in [0.15, 0.2) is 0 Å². The Balaban J connectivity index is 1.38. The van der Waals surface area contributed by atoms with E-state index in [1.54, 1.807) is 12.1 Å². The van der Waals surface area contributed by atoms with Crippen LogP contribution in [0.1, 0.15) is 51.0 Å². The summed E-state index contributed by atoms with van der Waals surface area (Å²) in [4.78, 5) is 4.25. The third-order valence-corrected chi connectivity index (χ3v) is 7.65. The van der Waals surface area contributed by atoms with Crippen LogP contribution in [-0.2, 0) is 16.6 Å². The van der Waals surface area contributed by atoms with Crippen molar-refractivity contribution in [1.29, 1.82) is 0 Å². The largest absolute Gasteiger partial charge is 0.439 e. The number of para-hydroxylation sites is 2. The summed E-state index contributed by atoms with van der Waals surface area (Å²) in [6, 6.07) is 20.2. The third-order valence-electron chi connectivity index (χ3n) is 6.30. The second kappa shape index (κ2) is 11.5. The lowest BCUT2D eigenvalue weighted by atomic mass is 9.85. The molecule has 1 aromatic heterocycles. The number of pyridine rings is 1. The second-order valence-corrected chi connectivity index (χ2v) is 10.7. The molecule has 6 nitrogen and oxygen atoms in total. The van der Waals surface area contributed by atoms with Crippen molar-refractivity contribution in [3.63, 3.8) is 0 Å². The smallest absolute Gasteiger partial charge is 0.263 e. The molecule has 2 aromatic carbocycles. The number of hydrogen-bond donors (Lipinski definition) is 2. The molecule has 2 N–H and O–H groups in total. The Morgan fingerprint density at radius 2 is 1.71 bits per heavy atom. The maximum Gasteiger partial charge on any atom is 0.263 e. The van der Waals surface area contributed by atoms with E-state index in [2.05, 4.69) is 21.9 Å². The minimum Gasteiger partial charge on any atom is -0.439 e. The topological polar surface area (TPSA) is 80.3 Å². The first kappa shape index (κ1) is 24.2. The van der Waals surface area contributed by atoms with E-state index < -0.39 is 10.0 Å². The Labute approximate surface area is 202 Å². The van der Waals surface area contributed by atoms with Crippen LogP contribution >= 0.6 is 0 Å². The maximum absolute atomic E-state index is 13.0. The van der Waals surface area contributed by atoms with Gasteiger partial charge in [0, 0.05) is 18.7 Å². The molecule has 1 fully saturated rings. The van der Waals surface area contributed by atoms with E-state index in [-0.39, 0.29) is 4.90 Å². The number of benzene rings is 2. The molecule has 0 radical (unpaired) electrons. The fourth-order valence-electron chi connectivity index (χ4n) is 4.46. The highest BCUT2D eigenvalue weighted by molar-refractivity contribution is 7.92. The van der Waals surface area contributed by atoms with E-state index in [1.807, 2.05) is 48.5 Å². The number of ether oxygens (including phenoxy) is 1. The average Bonchev–Trinajstić information content (AvgIpc) is 2.85. The predicted molar refractivity (Wildman–Crippen MR) is 135 cm³/mol. The highest BCUT2D eigenvalue weighted by Gasteiger charge is 2.19. The monoisotopic (exact) mass is 479 g/mol. The number of hydrogen-bond acceptors (Lipinski definition) is 5. The summed E-state index contributed by atoms with van der Waals surface area (Å²) in [5.74, 6) is 1.77. The molecule has 4 rings (SSSR count). The van der Waals surface area contributed by atoms with Crippen molar-refractivity contribution in [2.75, 3.05) is 4.72 Å². The van der Waals surface area contributed by atoms with E-state index in [9.17, 15) is 8.42 Å². The van der Waals surface area contributed by atoms with Gasteiger partial charge in [0.25, 0.3) is 10.0 Å². The zero-order valence-corrected chi connectivity index (χ0v) is 20.4. The molecular formula is C27H33N3O3S. The summed E-state index contributed by atoms with van der Waals surface area (Å²) in [6.45, 7) is 2.82. The molecule has 3 aromatic rings. The lowest BCUT2D eigenvalue weighted by Gasteiger charge is -2.25. The van der Waals surface area contributed by atoms with Crippen LogP contribution in [0.4, 0.5) is 5.69 Å². The molecule has 1 heterocycles. The number of aromatic nitrogens is 1. The van der Waals surface area contributed by atoms with Crippen LogP contribution in [0.2, 0.25) is 0 Å². The van der Waals surface area contributed by atoms with Gasteiger partial charge in [-0.1, -0.05) is 68.5 Å². The first-order valence-electron chi connectivity index (χ1n) is 12.0. The molecule has 7 heteroatoms. The van der Waals surface area contributed by atoms with Crippen LogP contribution < -0.4 is 14.8 Å². The van der Waals surface area contributed by atoms with Gasteiger partial charge < -0.3 is 10.1 Å².